The molecule has 3 heteroatoms. The summed E-state index contributed by atoms with van der Waals surface area (Å²) in [4.78, 5) is 11.7. The molecule has 0 amide bonds. The number of esters is 1. The maximum absolute atomic E-state index is 11.7. The Morgan fingerprint density at radius 2 is 2.19 bits per heavy atom. The highest BCUT2D eigenvalue weighted by molar-refractivity contribution is 5.73. The second-order valence-corrected chi connectivity index (χ2v) is 4.83. The Balaban J connectivity index is 2.89. The summed E-state index contributed by atoms with van der Waals surface area (Å²) in [6.45, 7) is 4.03. The Morgan fingerprint density at radius 3 is 2.69 bits per heavy atom. The number of aliphatic hydroxyl groups is 1. The number of methoxy groups -OCH3 is 1. The van der Waals surface area contributed by atoms with Crippen molar-refractivity contribution in [2.24, 2.45) is 11.8 Å². The highest BCUT2D eigenvalue weighted by atomic mass is 16.5. The quantitative estimate of drug-likeness (QED) is 0.752. The van der Waals surface area contributed by atoms with E-state index in [-0.39, 0.29) is 17.8 Å². The number of carbonyl (C=O) groups is 1. The van der Waals surface area contributed by atoms with Crippen LogP contribution in [0.3, 0.4) is 0 Å². The van der Waals surface area contributed by atoms with Crippen molar-refractivity contribution in [2.75, 3.05) is 7.11 Å². The first-order valence-electron chi connectivity index (χ1n) is 6.40. The van der Waals surface area contributed by atoms with Crippen molar-refractivity contribution in [3.63, 3.8) is 0 Å². The summed E-state index contributed by atoms with van der Waals surface area (Å²) in [5.74, 6) is -0.376. The van der Waals surface area contributed by atoms with Gasteiger partial charge in [0.25, 0.3) is 0 Å². The Morgan fingerprint density at radius 1 is 1.50 bits per heavy atom. The molecule has 0 heterocycles. The number of hydrogen-bond donors (Lipinski definition) is 1. The fourth-order valence-corrected chi connectivity index (χ4v) is 3.14. The lowest BCUT2D eigenvalue weighted by atomic mass is 9.66. The number of ether oxygens (including phenoxy) is 1. The van der Waals surface area contributed by atoms with Crippen molar-refractivity contribution in [1.82, 2.24) is 0 Å². The fourth-order valence-electron chi connectivity index (χ4n) is 3.14. The van der Waals surface area contributed by atoms with Gasteiger partial charge in [-0.2, -0.15) is 0 Å². The molecule has 0 saturated heterocycles. The average molecular weight is 228 g/mol. The maximum atomic E-state index is 11.7. The minimum Gasteiger partial charge on any atom is -0.469 e. The topological polar surface area (TPSA) is 46.5 Å². The first-order valence-corrected chi connectivity index (χ1v) is 6.40. The van der Waals surface area contributed by atoms with E-state index in [2.05, 4.69) is 6.92 Å². The number of rotatable bonds is 4. The molecule has 3 atom stereocenters. The Labute approximate surface area is 98.2 Å². The summed E-state index contributed by atoms with van der Waals surface area (Å²) >= 11 is 0. The largest absolute Gasteiger partial charge is 0.469 e. The molecule has 0 aromatic heterocycles. The zero-order chi connectivity index (χ0) is 12.2. The van der Waals surface area contributed by atoms with Gasteiger partial charge in [0.05, 0.1) is 18.6 Å². The molecule has 0 spiro atoms. The molecule has 3 nitrogen and oxygen atoms in total. The van der Waals surface area contributed by atoms with Crippen LogP contribution in [-0.2, 0) is 9.53 Å². The van der Waals surface area contributed by atoms with E-state index in [1.165, 1.54) is 13.5 Å². The molecule has 1 aliphatic rings. The SMILES string of the molecule is CCC1CCCCC1(O)C(CC)C(=O)OC. The van der Waals surface area contributed by atoms with Gasteiger partial charge < -0.3 is 9.84 Å². The summed E-state index contributed by atoms with van der Waals surface area (Å²) in [5.41, 5.74) is -0.838. The molecule has 1 N–H and O–H groups in total. The lowest BCUT2D eigenvalue weighted by Crippen LogP contribution is -2.50. The smallest absolute Gasteiger partial charge is 0.311 e. The van der Waals surface area contributed by atoms with Gasteiger partial charge in [0.1, 0.15) is 0 Å². The second-order valence-electron chi connectivity index (χ2n) is 4.83. The highest BCUT2D eigenvalue weighted by Crippen LogP contribution is 2.42. The second kappa shape index (κ2) is 5.67. The van der Waals surface area contributed by atoms with Crippen LogP contribution in [0.2, 0.25) is 0 Å². The summed E-state index contributed by atoms with van der Waals surface area (Å²) in [6, 6.07) is 0. The third-order valence-corrected chi connectivity index (χ3v) is 4.08. The van der Waals surface area contributed by atoms with Gasteiger partial charge in [-0.1, -0.05) is 33.1 Å². The van der Waals surface area contributed by atoms with Crippen LogP contribution in [0.5, 0.6) is 0 Å². The molecule has 1 fully saturated rings. The molecule has 0 aromatic rings. The molecule has 0 aliphatic heterocycles. The maximum Gasteiger partial charge on any atom is 0.311 e. The van der Waals surface area contributed by atoms with Gasteiger partial charge in [-0.25, -0.2) is 0 Å². The van der Waals surface area contributed by atoms with E-state index in [4.69, 9.17) is 4.74 Å². The standard InChI is InChI=1S/C13H24O3/c1-4-10-8-6-7-9-13(10,15)11(5-2)12(14)16-3/h10-11,15H,4-9H2,1-3H3. The van der Waals surface area contributed by atoms with Crippen molar-refractivity contribution in [1.29, 1.82) is 0 Å². The molecule has 94 valence electrons. The van der Waals surface area contributed by atoms with E-state index < -0.39 is 5.60 Å². The predicted molar refractivity (Wildman–Crippen MR) is 63.0 cm³/mol. The summed E-state index contributed by atoms with van der Waals surface area (Å²) < 4.78 is 4.82. The van der Waals surface area contributed by atoms with Gasteiger partial charge in [0, 0.05) is 0 Å². The van der Waals surface area contributed by atoms with Crippen molar-refractivity contribution in [2.45, 2.75) is 58.0 Å². The molecular formula is C13H24O3. The summed E-state index contributed by atoms with van der Waals surface area (Å²) in [5, 5.41) is 10.8. The monoisotopic (exact) mass is 228 g/mol. The third kappa shape index (κ3) is 2.40. The van der Waals surface area contributed by atoms with Crippen LogP contribution in [-0.4, -0.2) is 23.8 Å². The minimum atomic E-state index is -0.838. The molecule has 1 rings (SSSR count). The van der Waals surface area contributed by atoms with Crippen molar-refractivity contribution < 1.29 is 14.6 Å². The molecule has 16 heavy (non-hydrogen) atoms. The fraction of sp³-hybridized carbons (Fsp3) is 0.923. The van der Waals surface area contributed by atoms with E-state index in [1.54, 1.807) is 0 Å². The molecule has 1 aliphatic carbocycles. The predicted octanol–water partition coefficient (Wildman–Crippen LogP) is 2.52. The Bertz CT molecular complexity index is 239. The lowest BCUT2D eigenvalue weighted by Gasteiger charge is -2.43. The molecule has 0 aromatic carbocycles. The van der Waals surface area contributed by atoms with Crippen LogP contribution in [0.1, 0.15) is 52.4 Å². The van der Waals surface area contributed by atoms with Crippen molar-refractivity contribution in [3.8, 4) is 0 Å². The van der Waals surface area contributed by atoms with Gasteiger partial charge in [-0.15, -0.1) is 0 Å². The minimum absolute atomic E-state index is 0.241. The molecular weight excluding hydrogens is 204 g/mol. The molecule has 1 saturated carbocycles. The van der Waals surface area contributed by atoms with Gasteiger partial charge >= 0.3 is 5.97 Å². The summed E-state index contributed by atoms with van der Waals surface area (Å²) in [7, 11) is 1.40. The lowest BCUT2D eigenvalue weighted by molar-refractivity contribution is -0.165. The van der Waals surface area contributed by atoms with E-state index in [1.807, 2.05) is 6.92 Å². The van der Waals surface area contributed by atoms with Crippen LogP contribution in [0, 0.1) is 11.8 Å². The van der Waals surface area contributed by atoms with Crippen LogP contribution < -0.4 is 0 Å². The third-order valence-electron chi connectivity index (χ3n) is 4.08. The van der Waals surface area contributed by atoms with Gasteiger partial charge in [0.15, 0.2) is 0 Å². The Hall–Kier alpha value is -0.570. The van der Waals surface area contributed by atoms with Crippen molar-refractivity contribution in [3.05, 3.63) is 0 Å². The Kier molecular flexibility index (Phi) is 4.78. The van der Waals surface area contributed by atoms with E-state index in [0.29, 0.717) is 6.42 Å². The highest BCUT2D eigenvalue weighted by Gasteiger charge is 2.47. The zero-order valence-corrected chi connectivity index (χ0v) is 10.7. The van der Waals surface area contributed by atoms with E-state index in [0.717, 1.165) is 25.7 Å². The first kappa shape index (κ1) is 13.5. The molecule has 0 radical (unpaired) electrons. The van der Waals surface area contributed by atoms with E-state index in [9.17, 15) is 9.90 Å². The molecule has 3 unspecified atom stereocenters. The zero-order valence-electron chi connectivity index (χ0n) is 10.7. The number of hydrogen-bond acceptors (Lipinski definition) is 3. The van der Waals surface area contributed by atoms with Gasteiger partial charge in [-0.05, 0) is 25.2 Å². The number of carbonyl (C=O) groups excluding carboxylic acids is 1. The average Bonchev–Trinajstić information content (AvgIpc) is 2.30. The van der Waals surface area contributed by atoms with Gasteiger partial charge in [-0.3, -0.25) is 4.79 Å². The molecule has 0 bridgehead atoms. The van der Waals surface area contributed by atoms with E-state index >= 15 is 0 Å². The van der Waals surface area contributed by atoms with Crippen LogP contribution in [0.15, 0.2) is 0 Å². The first-order chi connectivity index (χ1) is 7.60. The van der Waals surface area contributed by atoms with Gasteiger partial charge in [0.2, 0.25) is 0 Å². The van der Waals surface area contributed by atoms with Crippen LogP contribution >= 0.6 is 0 Å². The van der Waals surface area contributed by atoms with Crippen molar-refractivity contribution >= 4 is 5.97 Å². The summed E-state index contributed by atoms with van der Waals surface area (Å²) in [6.07, 6.45) is 5.53. The van der Waals surface area contributed by atoms with Crippen LogP contribution in [0.25, 0.3) is 0 Å². The normalized spacial score (nSPS) is 32.1. The van der Waals surface area contributed by atoms with Crippen LogP contribution in [0.4, 0.5) is 0 Å².